The van der Waals surface area contributed by atoms with Crippen molar-refractivity contribution in [1.82, 2.24) is 4.98 Å². The minimum absolute atomic E-state index is 0.0969. The highest BCUT2D eigenvalue weighted by Crippen LogP contribution is 2.29. The molecule has 3 rings (SSSR count). The first-order valence-corrected chi connectivity index (χ1v) is 7.32. The van der Waals surface area contributed by atoms with Gasteiger partial charge < -0.3 is 10.1 Å². The summed E-state index contributed by atoms with van der Waals surface area (Å²) in [5, 5.41) is 2.89. The second-order valence-electron chi connectivity index (χ2n) is 4.99. The Morgan fingerprint density at radius 2 is 1.61 bits per heavy atom. The third-order valence-corrected chi connectivity index (χ3v) is 3.25. The molecule has 0 bridgehead atoms. The largest absolute Gasteiger partial charge is 0.455 e. The molecular formula is C19H16N2O2. The number of carbonyl (C=O) groups is 1. The van der Waals surface area contributed by atoms with Gasteiger partial charge in [-0.3, -0.25) is 9.78 Å². The van der Waals surface area contributed by atoms with Crippen LogP contribution in [-0.4, -0.2) is 10.9 Å². The molecule has 2 aromatic carbocycles. The van der Waals surface area contributed by atoms with Gasteiger partial charge in [0.05, 0.1) is 12.1 Å². The molecule has 0 radical (unpaired) electrons. The Labute approximate surface area is 134 Å². The Morgan fingerprint density at radius 3 is 2.39 bits per heavy atom. The number of nitrogens with one attached hydrogen (secondary N) is 1. The number of anilines is 1. The third-order valence-electron chi connectivity index (χ3n) is 3.25. The Balaban J connectivity index is 1.71. The summed E-state index contributed by atoms with van der Waals surface area (Å²) in [7, 11) is 0. The van der Waals surface area contributed by atoms with Gasteiger partial charge in [0.2, 0.25) is 5.91 Å². The van der Waals surface area contributed by atoms with E-state index in [1.807, 2.05) is 66.7 Å². The van der Waals surface area contributed by atoms with Crippen molar-refractivity contribution in [2.75, 3.05) is 5.32 Å². The molecule has 0 atom stereocenters. The number of pyridine rings is 1. The first-order chi connectivity index (χ1) is 11.3. The van der Waals surface area contributed by atoms with Crippen molar-refractivity contribution in [3.8, 4) is 11.5 Å². The highest BCUT2D eigenvalue weighted by atomic mass is 16.5. The number of hydrogen-bond acceptors (Lipinski definition) is 3. The molecule has 0 aliphatic heterocycles. The quantitative estimate of drug-likeness (QED) is 0.773. The number of ether oxygens (including phenoxy) is 1. The molecule has 0 saturated carbocycles. The van der Waals surface area contributed by atoms with Crippen LogP contribution in [0.4, 0.5) is 5.69 Å². The lowest BCUT2D eigenvalue weighted by Crippen LogP contribution is -2.14. The van der Waals surface area contributed by atoms with Crippen LogP contribution in [0.1, 0.15) is 5.56 Å². The molecule has 1 amide bonds. The van der Waals surface area contributed by atoms with E-state index in [1.165, 1.54) is 0 Å². The number of carbonyl (C=O) groups excluding carboxylic acids is 1. The van der Waals surface area contributed by atoms with Crippen LogP contribution in [-0.2, 0) is 11.2 Å². The normalized spacial score (nSPS) is 10.1. The summed E-state index contributed by atoms with van der Waals surface area (Å²) in [6, 6.07) is 20.5. The van der Waals surface area contributed by atoms with Gasteiger partial charge in [-0.05, 0) is 42.0 Å². The molecule has 1 aromatic heterocycles. The number of benzene rings is 2. The minimum atomic E-state index is -0.0969. The van der Waals surface area contributed by atoms with Crippen molar-refractivity contribution in [3.05, 3.63) is 84.7 Å². The van der Waals surface area contributed by atoms with E-state index in [1.54, 1.807) is 12.4 Å². The third kappa shape index (κ3) is 4.17. The fourth-order valence-corrected chi connectivity index (χ4v) is 2.15. The van der Waals surface area contributed by atoms with Crippen LogP contribution < -0.4 is 10.1 Å². The number of amides is 1. The number of aromatic nitrogens is 1. The molecular weight excluding hydrogens is 288 g/mol. The van der Waals surface area contributed by atoms with E-state index in [0.717, 1.165) is 11.3 Å². The Morgan fingerprint density at radius 1 is 0.913 bits per heavy atom. The minimum Gasteiger partial charge on any atom is -0.455 e. The lowest BCUT2D eigenvalue weighted by Gasteiger charge is -2.12. The van der Waals surface area contributed by atoms with Crippen molar-refractivity contribution in [2.45, 2.75) is 6.42 Å². The molecule has 0 aliphatic rings. The Hall–Kier alpha value is -3.14. The lowest BCUT2D eigenvalue weighted by atomic mass is 10.2. The monoisotopic (exact) mass is 304 g/mol. The van der Waals surface area contributed by atoms with E-state index >= 15 is 0 Å². The zero-order valence-electron chi connectivity index (χ0n) is 12.5. The molecule has 0 saturated heterocycles. The summed E-state index contributed by atoms with van der Waals surface area (Å²) in [6.45, 7) is 0. The number of rotatable bonds is 5. The molecule has 0 unspecified atom stereocenters. The van der Waals surface area contributed by atoms with Crippen LogP contribution in [0, 0.1) is 0 Å². The van der Waals surface area contributed by atoms with Gasteiger partial charge in [0.1, 0.15) is 5.75 Å². The molecule has 0 aliphatic carbocycles. The maximum Gasteiger partial charge on any atom is 0.228 e. The maximum atomic E-state index is 12.2. The summed E-state index contributed by atoms with van der Waals surface area (Å²) in [5.41, 5.74) is 1.56. The fraction of sp³-hybridized carbons (Fsp3) is 0.0526. The fourth-order valence-electron chi connectivity index (χ4n) is 2.15. The van der Waals surface area contributed by atoms with Crippen LogP contribution in [0.15, 0.2) is 79.1 Å². The standard InChI is InChI=1S/C19H16N2O2/c22-19(14-15-10-12-20-13-11-15)21-17-8-4-5-9-18(17)23-16-6-2-1-3-7-16/h1-13H,14H2,(H,21,22). The molecule has 0 spiro atoms. The van der Waals surface area contributed by atoms with Crippen LogP contribution in [0.3, 0.4) is 0 Å². The first-order valence-electron chi connectivity index (χ1n) is 7.32. The average Bonchev–Trinajstić information content (AvgIpc) is 2.58. The summed E-state index contributed by atoms with van der Waals surface area (Å²) >= 11 is 0. The van der Waals surface area contributed by atoms with Crippen LogP contribution in [0.2, 0.25) is 0 Å². The highest BCUT2D eigenvalue weighted by molar-refractivity contribution is 5.93. The first kappa shape index (κ1) is 14.8. The summed E-state index contributed by atoms with van der Waals surface area (Å²) < 4.78 is 5.84. The van der Waals surface area contributed by atoms with Gasteiger partial charge in [0.15, 0.2) is 5.75 Å². The molecule has 114 valence electrons. The Bertz CT molecular complexity index is 774. The lowest BCUT2D eigenvalue weighted by molar-refractivity contribution is -0.115. The van der Waals surface area contributed by atoms with Crippen molar-refractivity contribution in [2.24, 2.45) is 0 Å². The predicted octanol–water partition coefficient (Wildman–Crippen LogP) is 4.06. The van der Waals surface area contributed by atoms with Gasteiger partial charge in [-0.25, -0.2) is 0 Å². The van der Waals surface area contributed by atoms with E-state index in [2.05, 4.69) is 10.3 Å². The predicted molar refractivity (Wildman–Crippen MR) is 89.5 cm³/mol. The zero-order chi connectivity index (χ0) is 15.9. The van der Waals surface area contributed by atoms with Crippen LogP contribution in [0.25, 0.3) is 0 Å². The van der Waals surface area contributed by atoms with Gasteiger partial charge in [-0.15, -0.1) is 0 Å². The smallest absolute Gasteiger partial charge is 0.228 e. The summed E-state index contributed by atoms with van der Waals surface area (Å²) in [6.07, 6.45) is 3.65. The van der Waals surface area contributed by atoms with Crippen molar-refractivity contribution in [1.29, 1.82) is 0 Å². The van der Waals surface area contributed by atoms with E-state index in [4.69, 9.17) is 4.74 Å². The van der Waals surface area contributed by atoms with Crippen molar-refractivity contribution < 1.29 is 9.53 Å². The van der Waals surface area contributed by atoms with Crippen molar-refractivity contribution >= 4 is 11.6 Å². The van der Waals surface area contributed by atoms with Gasteiger partial charge in [0, 0.05) is 12.4 Å². The van der Waals surface area contributed by atoms with Crippen LogP contribution in [0.5, 0.6) is 11.5 Å². The SMILES string of the molecule is O=C(Cc1ccncc1)Nc1ccccc1Oc1ccccc1. The molecule has 0 fully saturated rings. The summed E-state index contributed by atoms with van der Waals surface area (Å²) in [5.74, 6) is 1.24. The molecule has 4 nitrogen and oxygen atoms in total. The highest BCUT2D eigenvalue weighted by Gasteiger charge is 2.09. The molecule has 23 heavy (non-hydrogen) atoms. The molecule has 4 heteroatoms. The topological polar surface area (TPSA) is 51.2 Å². The molecule has 1 N–H and O–H groups in total. The van der Waals surface area contributed by atoms with Gasteiger partial charge in [-0.2, -0.15) is 0 Å². The number of para-hydroxylation sites is 3. The number of hydrogen-bond donors (Lipinski definition) is 1. The van der Waals surface area contributed by atoms with E-state index in [-0.39, 0.29) is 5.91 Å². The molecule has 1 heterocycles. The summed E-state index contributed by atoms with van der Waals surface area (Å²) in [4.78, 5) is 16.1. The van der Waals surface area contributed by atoms with E-state index in [0.29, 0.717) is 17.9 Å². The number of nitrogens with zero attached hydrogens (tertiary/aromatic N) is 1. The van der Waals surface area contributed by atoms with Gasteiger partial charge in [-0.1, -0.05) is 30.3 Å². The molecule has 3 aromatic rings. The second-order valence-corrected chi connectivity index (χ2v) is 4.99. The maximum absolute atomic E-state index is 12.2. The van der Waals surface area contributed by atoms with Gasteiger partial charge >= 0.3 is 0 Å². The van der Waals surface area contributed by atoms with Gasteiger partial charge in [0.25, 0.3) is 0 Å². The van der Waals surface area contributed by atoms with Crippen molar-refractivity contribution in [3.63, 3.8) is 0 Å². The zero-order valence-corrected chi connectivity index (χ0v) is 12.5. The van der Waals surface area contributed by atoms with E-state index in [9.17, 15) is 4.79 Å². The van der Waals surface area contributed by atoms with Crippen LogP contribution >= 0.6 is 0 Å². The average molecular weight is 304 g/mol. The Kier molecular flexibility index (Phi) is 4.64. The van der Waals surface area contributed by atoms with E-state index < -0.39 is 0 Å². The second kappa shape index (κ2) is 7.22.